The number of benzene rings is 1. The summed E-state index contributed by atoms with van der Waals surface area (Å²) in [4.78, 5) is 12.0. The number of carbonyl (C=O) groups excluding carboxylic acids is 1. The van der Waals surface area contributed by atoms with E-state index in [2.05, 4.69) is 14.9 Å². The van der Waals surface area contributed by atoms with Crippen LogP contribution in [0.15, 0.2) is 24.4 Å². The number of nitrogens with one attached hydrogen (secondary N) is 1. The summed E-state index contributed by atoms with van der Waals surface area (Å²) < 4.78 is 3.58. The first-order valence-corrected chi connectivity index (χ1v) is 5.39. The minimum atomic E-state index is -0.309. The molecule has 0 fully saturated rings. The molecule has 0 aliphatic rings. The lowest BCUT2D eigenvalue weighted by Crippen LogP contribution is -2.09. The van der Waals surface area contributed by atoms with E-state index < -0.39 is 0 Å². The number of nitrogens with zero attached hydrogens (tertiary/aromatic N) is 2. The van der Waals surface area contributed by atoms with Crippen LogP contribution in [0, 0.1) is 0 Å². The summed E-state index contributed by atoms with van der Waals surface area (Å²) in [6, 6.07) is 4.42. The SMILES string of the molecule is O=C(Nc1ccc(O)c(Cl)c1)c1cnns1. The summed E-state index contributed by atoms with van der Waals surface area (Å²) in [6.07, 6.45) is 1.38. The molecule has 2 aromatic rings. The average molecular weight is 256 g/mol. The van der Waals surface area contributed by atoms with Crippen molar-refractivity contribution in [3.63, 3.8) is 0 Å². The van der Waals surface area contributed by atoms with Gasteiger partial charge in [-0.05, 0) is 29.7 Å². The Balaban J connectivity index is 2.15. The molecule has 1 aromatic carbocycles. The fraction of sp³-hybridized carbons (Fsp3) is 0. The molecule has 0 atom stereocenters. The lowest BCUT2D eigenvalue weighted by atomic mass is 10.3. The maximum absolute atomic E-state index is 11.6. The standard InChI is InChI=1S/C9H6ClN3O2S/c10-6-3-5(1-2-7(6)14)12-9(15)8-4-11-13-16-8/h1-4,14H,(H,12,15). The van der Waals surface area contributed by atoms with E-state index in [1.807, 2.05) is 0 Å². The van der Waals surface area contributed by atoms with Gasteiger partial charge < -0.3 is 10.4 Å². The van der Waals surface area contributed by atoms with E-state index in [-0.39, 0.29) is 16.7 Å². The first-order valence-electron chi connectivity index (χ1n) is 4.24. The number of aromatic hydroxyl groups is 1. The lowest BCUT2D eigenvalue weighted by Gasteiger charge is -2.04. The fourth-order valence-electron chi connectivity index (χ4n) is 1.04. The smallest absolute Gasteiger partial charge is 0.269 e. The molecule has 0 aliphatic heterocycles. The monoisotopic (exact) mass is 255 g/mol. The third-order valence-corrected chi connectivity index (χ3v) is 2.76. The predicted molar refractivity (Wildman–Crippen MR) is 61.0 cm³/mol. The third-order valence-electron chi connectivity index (χ3n) is 1.79. The minimum Gasteiger partial charge on any atom is -0.506 e. The van der Waals surface area contributed by atoms with Crippen molar-refractivity contribution in [1.82, 2.24) is 9.59 Å². The van der Waals surface area contributed by atoms with Crippen molar-refractivity contribution in [2.45, 2.75) is 0 Å². The van der Waals surface area contributed by atoms with Crippen molar-refractivity contribution in [3.8, 4) is 5.75 Å². The first-order chi connectivity index (χ1) is 7.66. The number of halogens is 1. The summed E-state index contributed by atoms with van der Waals surface area (Å²) >= 11 is 6.70. The van der Waals surface area contributed by atoms with Gasteiger partial charge in [-0.25, -0.2) is 0 Å². The summed E-state index contributed by atoms with van der Waals surface area (Å²) in [7, 11) is 0. The van der Waals surface area contributed by atoms with Gasteiger partial charge in [-0.15, -0.1) is 5.10 Å². The molecule has 16 heavy (non-hydrogen) atoms. The Morgan fingerprint density at radius 3 is 2.94 bits per heavy atom. The second-order valence-electron chi connectivity index (χ2n) is 2.90. The van der Waals surface area contributed by atoms with Crippen molar-refractivity contribution >= 4 is 34.7 Å². The topological polar surface area (TPSA) is 75.1 Å². The normalized spacial score (nSPS) is 10.1. The number of phenols is 1. The van der Waals surface area contributed by atoms with Gasteiger partial charge in [0.2, 0.25) is 0 Å². The van der Waals surface area contributed by atoms with E-state index in [0.29, 0.717) is 10.6 Å². The van der Waals surface area contributed by atoms with Gasteiger partial charge in [0.15, 0.2) is 0 Å². The number of hydrogen-bond donors (Lipinski definition) is 2. The van der Waals surface area contributed by atoms with E-state index in [4.69, 9.17) is 11.6 Å². The number of aromatic nitrogens is 2. The van der Waals surface area contributed by atoms with Gasteiger partial charge in [0.25, 0.3) is 5.91 Å². The number of anilines is 1. The van der Waals surface area contributed by atoms with Crippen molar-refractivity contribution in [2.75, 3.05) is 5.32 Å². The average Bonchev–Trinajstić information content (AvgIpc) is 2.77. The Morgan fingerprint density at radius 1 is 1.50 bits per heavy atom. The lowest BCUT2D eigenvalue weighted by molar-refractivity contribution is 0.103. The van der Waals surface area contributed by atoms with Crippen LogP contribution in [0.1, 0.15) is 9.67 Å². The van der Waals surface area contributed by atoms with Gasteiger partial charge in [0, 0.05) is 5.69 Å². The summed E-state index contributed by atoms with van der Waals surface area (Å²) in [5.74, 6) is -0.337. The zero-order valence-corrected chi connectivity index (χ0v) is 9.42. The fourth-order valence-corrected chi connectivity index (χ4v) is 1.64. The van der Waals surface area contributed by atoms with E-state index in [1.165, 1.54) is 18.3 Å². The Labute approximate surface area is 99.9 Å². The molecule has 0 unspecified atom stereocenters. The van der Waals surface area contributed by atoms with E-state index >= 15 is 0 Å². The second kappa shape index (κ2) is 4.46. The predicted octanol–water partition coefficient (Wildman–Crippen LogP) is 2.15. The van der Waals surface area contributed by atoms with Crippen LogP contribution in [-0.4, -0.2) is 20.6 Å². The van der Waals surface area contributed by atoms with Gasteiger partial charge >= 0.3 is 0 Å². The van der Waals surface area contributed by atoms with Gasteiger partial charge in [-0.1, -0.05) is 16.1 Å². The molecule has 0 aliphatic carbocycles. The van der Waals surface area contributed by atoms with Gasteiger partial charge in [-0.2, -0.15) is 0 Å². The molecule has 0 saturated carbocycles. The zero-order chi connectivity index (χ0) is 11.5. The maximum atomic E-state index is 11.6. The highest BCUT2D eigenvalue weighted by Crippen LogP contribution is 2.26. The minimum absolute atomic E-state index is 0.0286. The molecule has 0 saturated heterocycles. The van der Waals surface area contributed by atoms with E-state index in [9.17, 15) is 9.90 Å². The maximum Gasteiger partial charge on any atom is 0.269 e. The molecular formula is C9H6ClN3O2S. The molecule has 1 heterocycles. The van der Waals surface area contributed by atoms with Crippen molar-refractivity contribution in [3.05, 3.63) is 34.3 Å². The molecule has 0 bridgehead atoms. The largest absolute Gasteiger partial charge is 0.506 e. The second-order valence-corrected chi connectivity index (χ2v) is 4.09. The van der Waals surface area contributed by atoms with Crippen LogP contribution in [0.4, 0.5) is 5.69 Å². The number of phenolic OH excluding ortho intramolecular Hbond substituents is 1. The molecule has 1 amide bonds. The molecule has 1 aromatic heterocycles. The molecule has 2 N–H and O–H groups in total. The van der Waals surface area contributed by atoms with Crippen LogP contribution in [0.25, 0.3) is 0 Å². The van der Waals surface area contributed by atoms with E-state index in [0.717, 1.165) is 11.5 Å². The molecular weight excluding hydrogens is 250 g/mol. The van der Waals surface area contributed by atoms with Crippen molar-refractivity contribution < 1.29 is 9.90 Å². The molecule has 2 rings (SSSR count). The van der Waals surface area contributed by atoms with Crippen LogP contribution in [-0.2, 0) is 0 Å². The summed E-state index contributed by atoms with van der Waals surface area (Å²) in [6.45, 7) is 0. The van der Waals surface area contributed by atoms with Gasteiger partial charge in [-0.3, -0.25) is 4.79 Å². The van der Waals surface area contributed by atoms with Crippen molar-refractivity contribution in [1.29, 1.82) is 0 Å². The highest BCUT2D eigenvalue weighted by atomic mass is 35.5. The van der Waals surface area contributed by atoms with Crippen LogP contribution in [0.3, 0.4) is 0 Å². The molecule has 82 valence electrons. The molecule has 7 heteroatoms. The summed E-state index contributed by atoms with van der Waals surface area (Å²) in [5.41, 5.74) is 0.501. The van der Waals surface area contributed by atoms with Crippen LogP contribution >= 0.6 is 23.1 Å². The Morgan fingerprint density at radius 2 is 2.31 bits per heavy atom. The summed E-state index contributed by atoms with van der Waals surface area (Å²) in [5, 5.41) is 15.5. The first kappa shape index (κ1) is 10.8. The number of carbonyl (C=O) groups is 1. The Hall–Kier alpha value is -1.66. The van der Waals surface area contributed by atoms with Crippen molar-refractivity contribution in [2.24, 2.45) is 0 Å². The number of rotatable bonds is 2. The van der Waals surface area contributed by atoms with Crippen LogP contribution < -0.4 is 5.32 Å². The highest BCUT2D eigenvalue weighted by molar-refractivity contribution is 7.07. The number of amides is 1. The highest BCUT2D eigenvalue weighted by Gasteiger charge is 2.09. The van der Waals surface area contributed by atoms with Crippen LogP contribution in [0.2, 0.25) is 5.02 Å². The number of hydrogen-bond acceptors (Lipinski definition) is 5. The quantitative estimate of drug-likeness (QED) is 0.807. The Bertz CT molecular complexity index is 515. The van der Waals surface area contributed by atoms with Gasteiger partial charge in [0.05, 0.1) is 11.2 Å². The Kier molecular flexibility index (Phi) is 3.02. The molecule has 0 radical (unpaired) electrons. The molecule has 0 spiro atoms. The molecule has 5 nitrogen and oxygen atoms in total. The van der Waals surface area contributed by atoms with Gasteiger partial charge in [0.1, 0.15) is 10.6 Å². The zero-order valence-electron chi connectivity index (χ0n) is 7.85. The third kappa shape index (κ3) is 2.29. The van der Waals surface area contributed by atoms with E-state index in [1.54, 1.807) is 6.07 Å². The van der Waals surface area contributed by atoms with Crippen LogP contribution in [0.5, 0.6) is 5.75 Å².